The summed E-state index contributed by atoms with van der Waals surface area (Å²) in [6, 6.07) is 6.31. The maximum Gasteiger partial charge on any atom is 0.240 e. The van der Waals surface area contributed by atoms with Crippen molar-refractivity contribution < 1.29 is 13.2 Å². The Morgan fingerprint density at radius 3 is 2.30 bits per heavy atom. The van der Waals surface area contributed by atoms with E-state index in [-0.39, 0.29) is 12.5 Å². The van der Waals surface area contributed by atoms with Gasteiger partial charge in [-0.25, -0.2) is 8.42 Å². The zero-order valence-electron chi connectivity index (χ0n) is 11.8. The van der Waals surface area contributed by atoms with Gasteiger partial charge in [0.25, 0.3) is 0 Å². The summed E-state index contributed by atoms with van der Waals surface area (Å²) < 4.78 is 24.7. The number of sulfonamides is 1. The minimum absolute atomic E-state index is 0.243. The van der Waals surface area contributed by atoms with Crippen molar-refractivity contribution in [2.24, 2.45) is 5.92 Å². The standard InChI is InChI=1S/C13H19ClN2O3S/c1-10(2)8-15-13(17)9-16(20(3,18)19)12-6-4-11(14)5-7-12/h4-7,10H,8-9H2,1-3H3,(H,15,17). The highest BCUT2D eigenvalue weighted by Crippen LogP contribution is 2.20. The van der Waals surface area contributed by atoms with Crippen molar-refractivity contribution in [3.05, 3.63) is 29.3 Å². The Kier molecular flexibility index (Phi) is 5.83. The third-order valence-electron chi connectivity index (χ3n) is 2.51. The molecule has 0 radical (unpaired) electrons. The highest BCUT2D eigenvalue weighted by Gasteiger charge is 2.20. The van der Waals surface area contributed by atoms with Crippen molar-refractivity contribution in [2.45, 2.75) is 13.8 Å². The van der Waals surface area contributed by atoms with Crippen LogP contribution in [-0.4, -0.2) is 33.7 Å². The lowest BCUT2D eigenvalue weighted by Crippen LogP contribution is -2.41. The lowest BCUT2D eigenvalue weighted by Gasteiger charge is -2.22. The molecule has 1 aromatic rings. The minimum Gasteiger partial charge on any atom is -0.354 e. The van der Waals surface area contributed by atoms with E-state index in [0.29, 0.717) is 23.2 Å². The molecule has 1 aromatic carbocycles. The van der Waals surface area contributed by atoms with Gasteiger partial charge in [-0.05, 0) is 30.2 Å². The van der Waals surface area contributed by atoms with Crippen molar-refractivity contribution in [3.8, 4) is 0 Å². The first kappa shape index (κ1) is 16.8. The Hall–Kier alpha value is -1.27. The van der Waals surface area contributed by atoms with Gasteiger partial charge in [-0.3, -0.25) is 9.10 Å². The second kappa shape index (κ2) is 6.95. The molecule has 0 atom stereocenters. The molecular weight excluding hydrogens is 300 g/mol. The quantitative estimate of drug-likeness (QED) is 0.871. The molecule has 0 aliphatic rings. The number of rotatable bonds is 6. The maximum absolute atomic E-state index is 11.8. The fourth-order valence-electron chi connectivity index (χ4n) is 1.51. The van der Waals surface area contributed by atoms with Gasteiger partial charge in [0, 0.05) is 11.6 Å². The molecule has 1 rings (SSSR count). The maximum atomic E-state index is 11.8. The van der Waals surface area contributed by atoms with E-state index < -0.39 is 10.0 Å². The number of hydrogen-bond donors (Lipinski definition) is 1. The minimum atomic E-state index is -3.54. The summed E-state index contributed by atoms with van der Waals surface area (Å²) in [6.07, 6.45) is 1.07. The molecule has 0 bridgehead atoms. The van der Waals surface area contributed by atoms with Crippen LogP contribution in [0.3, 0.4) is 0 Å². The molecule has 1 N–H and O–H groups in total. The van der Waals surface area contributed by atoms with Crippen LogP contribution in [0.4, 0.5) is 5.69 Å². The van der Waals surface area contributed by atoms with Crippen molar-refractivity contribution >= 4 is 33.2 Å². The lowest BCUT2D eigenvalue weighted by molar-refractivity contribution is -0.119. The topological polar surface area (TPSA) is 66.5 Å². The van der Waals surface area contributed by atoms with Crippen molar-refractivity contribution in [3.63, 3.8) is 0 Å². The van der Waals surface area contributed by atoms with E-state index in [4.69, 9.17) is 11.6 Å². The van der Waals surface area contributed by atoms with E-state index in [9.17, 15) is 13.2 Å². The van der Waals surface area contributed by atoms with Gasteiger partial charge >= 0.3 is 0 Å². The lowest BCUT2D eigenvalue weighted by atomic mass is 10.2. The van der Waals surface area contributed by atoms with Crippen LogP contribution in [0.5, 0.6) is 0 Å². The molecule has 20 heavy (non-hydrogen) atoms. The third kappa shape index (κ3) is 5.38. The smallest absolute Gasteiger partial charge is 0.240 e. The molecule has 0 saturated heterocycles. The van der Waals surface area contributed by atoms with Gasteiger partial charge in [0.2, 0.25) is 15.9 Å². The Morgan fingerprint density at radius 2 is 1.85 bits per heavy atom. The number of carbonyl (C=O) groups excluding carboxylic acids is 1. The fraction of sp³-hybridized carbons (Fsp3) is 0.462. The van der Waals surface area contributed by atoms with Gasteiger partial charge in [-0.2, -0.15) is 0 Å². The summed E-state index contributed by atoms with van der Waals surface area (Å²) >= 11 is 5.77. The summed E-state index contributed by atoms with van der Waals surface area (Å²) in [7, 11) is -3.54. The summed E-state index contributed by atoms with van der Waals surface area (Å²) in [5, 5.41) is 3.20. The Bertz CT molecular complexity index is 555. The average Bonchev–Trinajstić information content (AvgIpc) is 2.33. The van der Waals surface area contributed by atoms with Crippen molar-refractivity contribution in [1.82, 2.24) is 5.32 Å². The molecule has 7 heteroatoms. The van der Waals surface area contributed by atoms with E-state index in [1.165, 1.54) is 0 Å². The Labute approximate surface area is 125 Å². The zero-order valence-corrected chi connectivity index (χ0v) is 13.3. The molecule has 0 fully saturated rings. The van der Waals surface area contributed by atoms with E-state index in [1.54, 1.807) is 24.3 Å². The number of amides is 1. The molecule has 0 unspecified atom stereocenters. The van der Waals surface area contributed by atoms with Crippen LogP contribution in [0.15, 0.2) is 24.3 Å². The normalized spacial score (nSPS) is 11.4. The highest BCUT2D eigenvalue weighted by molar-refractivity contribution is 7.92. The number of anilines is 1. The second-order valence-electron chi connectivity index (χ2n) is 4.94. The van der Waals surface area contributed by atoms with Crippen molar-refractivity contribution in [2.75, 3.05) is 23.7 Å². The van der Waals surface area contributed by atoms with E-state index in [0.717, 1.165) is 10.6 Å². The van der Waals surface area contributed by atoms with Crippen molar-refractivity contribution in [1.29, 1.82) is 0 Å². The number of nitrogens with one attached hydrogen (secondary N) is 1. The molecule has 0 heterocycles. The van der Waals surface area contributed by atoms with Crippen LogP contribution in [0.25, 0.3) is 0 Å². The summed E-state index contributed by atoms with van der Waals surface area (Å²) in [4.78, 5) is 11.8. The zero-order chi connectivity index (χ0) is 15.3. The van der Waals surface area contributed by atoms with Gasteiger partial charge in [-0.1, -0.05) is 25.4 Å². The Balaban J connectivity index is 2.87. The largest absolute Gasteiger partial charge is 0.354 e. The first-order chi connectivity index (χ1) is 9.20. The fourth-order valence-corrected chi connectivity index (χ4v) is 2.49. The second-order valence-corrected chi connectivity index (χ2v) is 7.29. The van der Waals surface area contributed by atoms with Gasteiger partial charge < -0.3 is 5.32 Å². The van der Waals surface area contributed by atoms with E-state index in [2.05, 4.69) is 5.32 Å². The van der Waals surface area contributed by atoms with Crippen LogP contribution >= 0.6 is 11.6 Å². The molecule has 0 spiro atoms. The highest BCUT2D eigenvalue weighted by atomic mass is 35.5. The molecule has 112 valence electrons. The first-order valence-electron chi connectivity index (χ1n) is 6.20. The number of benzene rings is 1. The monoisotopic (exact) mass is 318 g/mol. The predicted molar refractivity (Wildman–Crippen MR) is 81.5 cm³/mol. The van der Waals surface area contributed by atoms with Gasteiger partial charge in [0.15, 0.2) is 0 Å². The molecule has 0 aromatic heterocycles. The number of nitrogens with zero attached hydrogens (tertiary/aromatic N) is 1. The molecule has 0 saturated carbocycles. The van der Waals surface area contributed by atoms with Crippen LogP contribution in [0.2, 0.25) is 5.02 Å². The van der Waals surface area contributed by atoms with Crippen LogP contribution in [0, 0.1) is 5.92 Å². The van der Waals surface area contributed by atoms with Crippen LogP contribution < -0.4 is 9.62 Å². The number of hydrogen-bond acceptors (Lipinski definition) is 3. The number of halogens is 1. The van der Waals surface area contributed by atoms with E-state index >= 15 is 0 Å². The predicted octanol–water partition coefficient (Wildman–Crippen LogP) is 1.88. The molecular formula is C13H19ClN2O3S. The SMILES string of the molecule is CC(C)CNC(=O)CN(c1ccc(Cl)cc1)S(C)(=O)=O. The molecule has 5 nitrogen and oxygen atoms in total. The first-order valence-corrected chi connectivity index (χ1v) is 8.42. The van der Waals surface area contributed by atoms with Gasteiger partial charge in [0.1, 0.15) is 6.54 Å². The van der Waals surface area contributed by atoms with Gasteiger partial charge in [-0.15, -0.1) is 0 Å². The Morgan fingerprint density at radius 1 is 1.30 bits per heavy atom. The van der Waals surface area contributed by atoms with Crippen LogP contribution in [0.1, 0.15) is 13.8 Å². The number of carbonyl (C=O) groups is 1. The van der Waals surface area contributed by atoms with Crippen LogP contribution in [-0.2, 0) is 14.8 Å². The molecule has 0 aliphatic carbocycles. The summed E-state index contributed by atoms with van der Waals surface area (Å²) in [6.45, 7) is 4.20. The molecule has 1 amide bonds. The third-order valence-corrected chi connectivity index (χ3v) is 3.90. The average molecular weight is 319 g/mol. The summed E-state index contributed by atoms with van der Waals surface area (Å²) in [5.74, 6) is -0.0276. The van der Waals surface area contributed by atoms with E-state index in [1.807, 2.05) is 13.8 Å². The van der Waals surface area contributed by atoms with Gasteiger partial charge in [0.05, 0.1) is 11.9 Å². The summed E-state index contributed by atoms with van der Waals surface area (Å²) in [5.41, 5.74) is 0.414. The molecule has 0 aliphatic heterocycles.